The number of nitrogens with one attached hydrogen (secondary N) is 2. The van der Waals surface area contributed by atoms with Crippen LogP contribution in [0.25, 0.3) is 22.7 Å². The quantitative estimate of drug-likeness (QED) is 0.444. The van der Waals surface area contributed by atoms with Crippen LogP contribution in [0, 0.1) is 0 Å². The number of rotatable bonds is 5. The number of pyridine rings is 1. The summed E-state index contributed by atoms with van der Waals surface area (Å²) < 4.78 is 0. The van der Waals surface area contributed by atoms with Crippen LogP contribution in [0.15, 0.2) is 79.1 Å². The molecule has 0 spiro atoms. The van der Waals surface area contributed by atoms with E-state index in [2.05, 4.69) is 15.3 Å². The Morgan fingerprint density at radius 3 is 2.24 bits per heavy atom. The number of fused-ring (bicyclic) bond motifs is 1. The summed E-state index contributed by atoms with van der Waals surface area (Å²) in [6.07, 6.45) is 4.85. The van der Waals surface area contributed by atoms with Crippen molar-refractivity contribution >= 4 is 40.2 Å². The Morgan fingerprint density at radius 2 is 1.59 bits per heavy atom. The molecule has 0 saturated carbocycles. The molecule has 142 valence electrons. The highest BCUT2D eigenvalue weighted by atomic mass is 16.4. The van der Waals surface area contributed by atoms with Gasteiger partial charge in [-0.1, -0.05) is 48.5 Å². The van der Waals surface area contributed by atoms with E-state index in [-0.39, 0.29) is 11.5 Å². The molecule has 4 aromatic rings. The van der Waals surface area contributed by atoms with Gasteiger partial charge in [0.1, 0.15) is 5.65 Å². The molecule has 29 heavy (non-hydrogen) atoms. The maximum absolute atomic E-state index is 12.6. The largest absolute Gasteiger partial charge is 0.478 e. The number of aromatic amines is 1. The minimum absolute atomic E-state index is 0.149. The van der Waals surface area contributed by atoms with E-state index in [4.69, 9.17) is 0 Å². The minimum atomic E-state index is -1.04. The summed E-state index contributed by atoms with van der Waals surface area (Å²) in [5, 5.41) is 13.2. The van der Waals surface area contributed by atoms with Gasteiger partial charge in [-0.2, -0.15) is 0 Å². The molecular formula is C23H17N3O3. The van der Waals surface area contributed by atoms with Crippen LogP contribution >= 0.6 is 0 Å². The zero-order valence-corrected chi connectivity index (χ0v) is 15.3. The highest BCUT2D eigenvalue weighted by molar-refractivity contribution is 6.22. The second-order valence-electron chi connectivity index (χ2n) is 6.38. The number of hydrogen-bond acceptors (Lipinski definition) is 3. The number of aromatic nitrogens is 2. The topological polar surface area (TPSA) is 95.1 Å². The third-order valence-electron chi connectivity index (χ3n) is 4.50. The van der Waals surface area contributed by atoms with E-state index in [0.29, 0.717) is 33.4 Å². The van der Waals surface area contributed by atoms with Gasteiger partial charge in [0.05, 0.1) is 11.3 Å². The molecule has 2 heterocycles. The number of nitrogens with zero attached hydrogens (tertiary/aromatic N) is 1. The number of hydrogen-bond donors (Lipinski definition) is 3. The van der Waals surface area contributed by atoms with Gasteiger partial charge in [0.15, 0.2) is 0 Å². The number of aliphatic carboxylic acids is 1. The highest BCUT2D eigenvalue weighted by Gasteiger charge is 2.15. The molecule has 3 N–H and O–H groups in total. The number of carbonyl (C=O) groups is 2. The molecule has 1 amide bonds. The van der Waals surface area contributed by atoms with E-state index in [1.807, 2.05) is 12.1 Å². The van der Waals surface area contributed by atoms with Crippen molar-refractivity contribution in [3.63, 3.8) is 0 Å². The van der Waals surface area contributed by atoms with Crippen molar-refractivity contribution in [1.82, 2.24) is 9.97 Å². The number of carboxylic acids is 1. The first-order valence-corrected chi connectivity index (χ1v) is 8.96. The Bertz CT molecular complexity index is 1210. The average molecular weight is 383 g/mol. The predicted molar refractivity (Wildman–Crippen MR) is 112 cm³/mol. The first-order valence-electron chi connectivity index (χ1n) is 8.96. The Morgan fingerprint density at radius 1 is 0.931 bits per heavy atom. The van der Waals surface area contributed by atoms with Gasteiger partial charge in [0.2, 0.25) is 0 Å². The number of anilines is 1. The Hall–Kier alpha value is -4.19. The molecule has 0 radical (unpaired) electrons. The van der Waals surface area contributed by atoms with Gasteiger partial charge in [-0.25, -0.2) is 9.78 Å². The lowest BCUT2D eigenvalue weighted by atomic mass is 10.0. The number of benzene rings is 2. The maximum Gasteiger partial charge on any atom is 0.336 e. The number of H-pyrrole nitrogens is 1. The van der Waals surface area contributed by atoms with Crippen molar-refractivity contribution in [3.05, 3.63) is 95.8 Å². The molecule has 0 unspecified atom stereocenters. The van der Waals surface area contributed by atoms with Crippen molar-refractivity contribution in [2.45, 2.75) is 0 Å². The van der Waals surface area contributed by atoms with E-state index in [1.165, 1.54) is 0 Å². The highest BCUT2D eigenvalue weighted by Crippen LogP contribution is 2.29. The van der Waals surface area contributed by atoms with Crippen LogP contribution in [0.5, 0.6) is 0 Å². The summed E-state index contributed by atoms with van der Waals surface area (Å²) >= 11 is 0. The molecule has 2 aromatic heterocycles. The van der Waals surface area contributed by atoms with E-state index < -0.39 is 5.97 Å². The van der Waals surface area contributed by atoms with Crippen molar-refractivity contribution in [2.24, 2.45) is 0 Å². The Kier molecular flexibility index (Phi) is 4.90. The lowest BCUT2D eigenvalue weighted by molar-refractivity contribution is -0.130. The second kappa shape index (κ2) is 7.82. The van der Waals surface area contributed by atoms with Crippen molar-refractivity contribution in [3.8, 4) is 0 Å². The normalized spacial score (nSPS) is 11.4. The summed E-state index contributed by atoms with van der Waals surface area (Å²) in [5.74, 6) is -1.29. The maximum atomic E-state index is 12.6. The van der Waals surface area contributed by atoms with Gasteiger partial charge < -0.3 is 15.4 Å². The smallest absolute Gasteiger partial charge is 0.336 e. The minimum Gasteiger partial charge on any atom is -0.478 e. The molecule has 2 aromatic carbocycles. The van der Waals surface area contributed by atoms with Crippen LogP contribution in [0.4, 0.5) is 5.69 Å². The van der Waals surface area contributed by atoms with E-state index in [9.17, 15) is 14.7 Å². The predicted octanol–water partition coefficient (Wildman–Crippen LogP) is 4.44. The molecule has 4 rings (SSSR count). The third kappa shape index (κ3) is 3.77. The summed E-state index contributed by atoms with van der Waals surface area (Å²) in [4.78, 5) is 31.8. The van der Waals surface area contributed by atoms with Crippen LogP contribution in [0.1, 0.15) is 21.5 Å². The Labute approximate surface area is 166 Å². The fourth-order valence-corrected chi connectivity index (χ4v) is 3.13. The molecule has 0 saturated heterocycles. The monoisotopic (exact) mass is 383 g/mol. The average Bonchev–Trinajstić information content (AvgIpc) is 3.17. The zero-order valence-electron chi connectivity index (χ0n) is 15.3. The lowest BCUT2D eigenvalue weighted by Gasteiger charge is -2.08. The lowest BCUT2D eigenvalue weighted by Crippen LogP contribution is -2.12. The van der Waals surface area contributed by atoms with Gasteiger partial charge in [-0.15, -0.1) is 0 Å². The number of carboxylic acid groups (broad SMARTS) is 1. The first kappa shape index (κ1) is 18.2. The Balaban J connectivity index is 1.78. The molecule has 0 fully saturated rings. The first-order chi connectivity index (χ1) is 14.1. The van der Waals surface area contributed by atoms with Crippen molar-refractivity contribution in [1.29, 1.82) is 0 Å². The summed E-state index contributed by atoms with van der Waals surface area (Å²) in [6, 6.07) is 19.5. The molecule has 0 aliphatic carbocycles. The van der Waals surface area contributed by atoms with Crippen LogP contribution in [-0.4, -0.2) is 27.0 Å². The van der Waals surface area contributed by atoms with Crippen LogP contribution < -0.4 is 5.32 Å². The van der Waals surface area contributed by atoms with Gasteiger partial charge in [0.25, 0.3) is 5.91 Å². The summed E-state index contributed by atoms with van der Waals surface area (Å²) in [5.41, 5.74) is 3.00. The molecule has 6 nitrogen and oxygen atoms in total. The van der Waals surface area contributed by atoms with Crippen LogP contribution in [0.2, 0.25) is 0 Å². The molecular weight excluding hydrogens is 366 g/mol. The van der Waals surface area contributed by atoms with Crippen molar-refractivity contribution in [2.75, 3.05) is 5.32 Å². The van der Waals surface area contributed by atoms with Crippen LogP contribution in [0.3, 0.4) is 0 Å². The molecule has 0 atom stereocenters. The molecule has 0 aliphatic heterocycles. The van der Waals surface area contributed by atoms with Gasteiger partial charge in [-0.3, -0.25) is 4.79 Å². The molecule has 0 bridgehead atoms. The fraction of sp³-hybridized carbons (Fsp3) is 0. The number of carbonyl (C=O) groups excluding carboxylic acids is 1. The van der Waals surface area contributed by atoms with Gasteiger partial charge in [0, 0.05) is 28.9 Å². The SMILES string of the molecule is O=C(O)/C(=C/c1c[nH]c2nccc(NC(=O)c3ccccc3)c12)c1ccccc1. The standard InChI is InChI=1S/C23H17N3O3/c27-22(16-9-5-2-6-10-16)26-19-11-12-24-21-20(19)17(14-25-21)13-18(23(28)29)15-7-3-1-4-8-15/h1-14H,(H,28,29)(H2,24,25,26,27)/b18-13+. The van der Waals surface area contributed by atoms with E-state index in [1.54, 1.807) is 73.1 Å². The van der Waals surface area contributed by atoms with E-state index in [0.717, 1.165) is 0 Å². The second-order valence-corrected chi connectivity index (χ2v) is 6.38. The fourth-order valence-electron chi connectivity index (χ4n) is 3.13. The van der Waals surface area contributed by atoms with Crippen molar-refractivity contribution < 1.29 is 14.7 Å². The van der Waals surface area contributed by atoms with Gasteiger partial charge >= 0.3 is 5.97 Å². The molecule has 0 aliphatic rings. The van der Waals surface area contributed by atoms with Gasteiger partial charge in [-0.05, 0) is 29.8 Å². The zero-order chi connectivity index (χ0) is 20.2. The third-order valence-corrected chi connectivity index (χ3v) is 4.50. The summed E-state index contributed by atoms with van der Waals surface area (Å²) in [6.45, 7) is 0. The number of amides is 1. The molecule has 6 heteroatoms. The van der Waals surface area contributed by atoms with Crippen LogP contribution in [-0.2, 0) is 4.79 Å². The van der Waals surface area contributed by atoms with E-state index >= 15 is 0 Å². The summed E-state index contributed by atoms with van der Waals surface area (Å²) in [7, 11) is 0.